The summed E-state index contributed by atoms with van der Waals surface area (Å²) in [6.45, 7) is 2.13. The number of nitrogens with zero attached hydrogens (tertiary/aromatic N) is 4. The molecule has 0 fully saturated rings. The van der Waals surface area contributed by atoms with Gasteiger partial charge in [-0.3, -0.25) is 4.98 Å². The van der Waals surface area contributed by atoms with Crippen LogP contribution in [0.3, 0.4) is 0 Å². The molecule has 39 heavy (non-hydrogen) atoms. The van der Waals surface area contributed by atoms with E-state index in [1.165, 1.54) is 27.2 Å². The van der Waals surface area contributed by atoms with Gasteiger partial charge in [-0.15, -0.1) is 0 Å². The Labute approximate surface area is 225 Å². The molecule has 4 nitrogen and oxygen atoms in total. The second-order valence-electron chi connectivity index (χ2n) is 10.00. The van der Waals surface area contributed by atoms with Gasteiger partial charge in [0.2, 0.25) is 0 Å². The van der Waals surface area contributed by atoms with Crippen LogP contribution in [0.25, 0.3) is 66.1 Å². The minimum atomic E-state index is 1.01. The van der Waals surface area contributed by atoms with Gasteiger partial charge in [0.15, 0.2) is 0 Å². The molecule has 8 rings (SSSR count). The van der Waals surface area contributed by atoms with Gasteiger partial charge in [0.05, 0.1) is 27.8 Å². The van der Waals surface area contributed by atoms with Crippen LogP contribution < -0.4 is 0 Å². The Balaban J connectivity index is 1.38. The number of aromatic nitrogens is 4. The maximum Gasteiger partial charge on any atom is 0.0930 e. The van der Waals surface area contributed by atoms with Gasteiger partial charge < -0.3 is 4.57 Å². The summed E-state index contributed by atoms with van der Waals surface area (Å²) < 4.78 is 4.42. The smallest absolute Gasteiger partial charge is 0.0930 e. The van der Waals surface area contributed by atoms with E-state index in [-0.39, 0.29) is 0 Å². The van der Waals surface area contributed by atoms with E-state index in [0.717, 1.165) is 44.6 Å². The largest absolute Gasteiger partial charge is 0.309 e. The van der Waals surface area contributed by atoms with Crippen LogP contribution in [0.1, 0.15) is 5.69 Å². The lowest BCUT2D eigenvalue weighted by Gasteiger charge is -2.12. The summed E-state index contributed by atoms with van der Waals surface area (Å²) in [5.41, 5.74) is 9.95. The maximum absolute atomic E-state index is 4.91. The number of hydrogen-bond donors (Lipinski definition) is 0. The molecule has 0 spiro atoms. The first kappa shape index (κ1) is 21.8. The minimum absolute atomic E-state index is 1.01. The van der Waals surface area contributed by atoms with Gasteiger partial charge in [0, 0.05) is 44.7 Å². The zero-order valence-electron chi connectivity index (χ0n) is 21.4. The number of para-hydroxylation sites is 2. The number of hydrogen-bond acceptors (Lipinski definition) is 2. The van der Waals surface area contributed by atoms with E-state index >= 15 is 0 Å². The highest BCUT2D eigenvalue weighted by Gasteiger charge is 2.16. The summed E-state index contributed by atoms with van der Waals surface area (Å²) in [6.07, 6.45) is 1.87. The second kappa shape index (κ2) is 8.40. The lowest BCUT2D eigenvalue weighted by molar-refractivity contribution is 0.859. The number of fused-ring (bicyclic) bond motifs is 5. The molecule has 3 aromatic heterocycles. The molecule has 0 radical (unpaired) electrons. The van der Waals surface area contributed by atoms with Crippen molar-refractivity contribution in [2.24, 2.45) is 0 Å². The molecule has 0 saturated heterocycles. The highest BCUT2D eigenvalue weighted by atomic mass is 15.3. The van der Waals surface area contributed by atoms with Crippen LogP contribution in [-0.4, -0.2) is 19.3 Å². The van der Waals surface area contributed by atoms with Gasteiger partial charge in [-0.2, -0.15) is 5.10 Å². The molecule has 0 atom stereocenters. The van der Waals surface area contributed by atoms with Crippen molar-refractivity contribution in [3.05, 3.63) is 133 Å². The summed E-state index contributed by atoms with van der Waals surface area (Å²) in [7, 11) is 0. The summed E-state index contributed by atoms with van der Waals surface area (Å²) >= 11 is 0. The van der Waals surface area contributed by atoms with Gasteiger partial charge in [-0.05, 0) is 55.0 Å². The van der Waals surface area contributed by atoms with Gasteiger partial charge in [-0.1, -0.05) is 78.9 Å². The molecular weight excluding hydrogens is 476 g/mol. The summed E-state index contributed by atoms with van der Waals surface area (Å²) in [5, 5.41) is 9.70. The third kappa shape index (κ3) is 3.32. The zero-order valence-corrected chi connectivity index (χ0v) is 21.4. The Morgan fingerprint density at radius 3 is 2.28 bits per heavy atom. The van der Waals surface area contributed by atoms with E-state index in [4.69, 9.17) is 10.1 Å². The fourth-order valence-electron chi connectivity index (χ4n) is 5.93. The summed E-state index contributed by atoms with van der Waals surface area (Å²) in [5.74, 6) is 0. The second-order valence-corrected chi connectivity index (χ2v) is 10.00. The Morgan fingerprint density at radius 2 is 1.36 bits per heavy atom. The van der Waals surface area contributed by atoms with Gasteiger partial charge in [-0.25, -0.2) is 4.68 Å². The molecule has 0 bridgehead atoms. The van der Waals surface area contributed by atoms with Crippen LogP contribution in [0.4, 0.5) is 0 Å². The van der Waals surface area contributed by atoms with Crippen LogP contribution >= 0.6 is 0 Å². The molecule has 4 heteroatoms. The lowest BCUT2D eigenvalue weighted by atomic mass is 10.0. The maximum atomic E-state index is 4.91. The molecule has 0 saturated carbocycles. The van der Waals surface area contributed by atoms with E-state index in [9.17, 15) is 0 Å². The highest BCUT2D eigenvalue weighted by molar-refractivity contribution is 6.10. The van der Waals surface area contributed by atoms with Crippen molar-refractivity contribution >= 4 is 43.6 Å². The summed E-state index contributed by atoms with van der Waals surface area (Å²) in [4.78, 5) is 4.72. The number of aryl methyl sites for hydroxylation is 1. The molecule has 0 N–H and O–H groups in total. The molecule has 0 aliphatic heterocycles. The monoisotopic (exact) mass is 500 g/mol. The Kier molecular flexibility index (Phi) is 4.70. The van der Waals surface area contributed by atoms with Crippen molar-refractivity contribution in [3.63, 3.8) is 0 Å². The standard InChI is InChI=1S/C35H24N4/c1-23-28-13-2-4-16-32(28)37-39(23)27-12-7-11-26(22-27)38-33-17-5-3-14-30(33)31-19-18-25(21-34(31)38)29-15-6-9-24-10-8-20-36-35(24)29/h2-22H,1H3. The van der Waals surface area contributed by atoms with Crippen LogP contribution in [-0.2, 0) is 0 Å². The van der Waals surface area contributed by atoms with Gasteiger partial charge in [0.1, 0.15) is 0 Å². The molecule has 0 aliphatic rings. The number of pyridine rings is 1. The van der Waals surface area contributed by atoms with Crippen molar-refractivity contribution in [2.75, 3.05) is 0 Å². The Morgan fingerprint density at radius 1 is 0.590 bits per heavy atom. The van der Waals surface area contributed by atoms with Crippen LogP contribution in [0.2, 0.25) is 0 Å². The van der Waals surface area contributed by atoms with Crippen LogP contribution in [0, 0.1) is 6.92 Å². The first-order valence-corrected chi connectivity index (χ1v) is 13.2. The van der Waals surface area contributed by atoms with Crippen molar-refractivity contribution in [2.45, 2.75) is 6.92 Å². The van der Waals surface area contributed by atoms with Crippen molar-refractivity contribution < 1.29 is 0 Å². The Bertz CT molecular complexity index is 2190. The fourth-order valence-corrected chi connectivity index (χ4v) is 5.93. The lowest BCUT2D eigenvalue weighted by Crippen LogP contribution is -2.01. The highest BCUT2D eigenvalue weighted by Crippen LogP contribution is 2.36. The minimum Gasteiger partial charge on any atom is -0.309 e. The Hall–Kier alpha value is -5.22. The molecule has 0 amide bonds. The third-order valence-corrected chi connectivity index (χ3v) is 7.77. The van der Waals surface area contributed by atoms with Gasteiger partial charge in [0.25, 0.3) is 0 Å². The molecular formula is C35H24N4. The van der Waals surface area contributed by atoms with Crippen LogP contribution in [0.5, 0.6) is 0 Å². The van der Waals surface area contributed by atoms with Crippen molar-refractivity contribution in [1.82, 2.24) is 19.3 Å². The molecule has 8 aromatic rings. The van der Waals surface area contributed by atoms with Gasteiger partial charge >= 0.3 is 0 Å². The van der Waals surface area contributed by atoms with E-state index in [1.54, 1.807) is 0 Å². The van der Waals surface area contributed by atoms with E-state index in [1.807, 2.05) is 18.3 Å². The first-order chi connectivity index (χ1) is 19.3. The first-order valence-electron chi connectivity index (χ1n) is 13.2. The summed E-state index contributed by atoms with van der Waals surface area (Å²) in [6, 6.07) is 42.9. The van der Waals surface area contributed by atoms with Crippen molar-refractivity contribution in [1.29, 1.82) is 0 Å². The average molecular weight is 501 g/mol. The molecule has 0 aliphatic carbocycles. The van der Waals surface area contributed by atoms with E-state index in [2.05, 4.69) is 125 Å². The van der Waals surface area contributed by atoms with Crippen LogP contribution in [0.15, 0.2) is 128 Å². The average Bonchev–Trinajstić information content (AvgIpc) is 3.51. The number of benzene rings is 5. The SMILES string of the molecule is Cc1c2ccccc2nn1-c1cccc(-n2c3ccccc3c3ccc(-c4cccc5cccnc45)cc32)c1. The molecule has 5 aromatic carbocycles. The third-order valence-electron chi connectivity index (χ3n) is 7.77. The molecule has 184 valence electrons. The molecule has 0 unspecified atom stereocenters. The number of rotatable bonds is 3. The fraction of sp³-hybridized carbons (Fsp3) is 0.0286. The van der Waals surface area contributed by atoms with E-state index < -0.39 is 0 Å². The predicted molar refractivity (Wildman–Crippen MR) is 161 cm³/mol. The normalized spacial score (nSPS) is 11.7. The topological polar surface area (TPSA) is 35.6 Å². The molecule has 3 heterocycles. The van der Waals surface area contributed by atoms with E-state index in [0.29, 0.717) is 0 Å². The predicted octanol–water partition coefficient (Wildman–Crippen LogP) is 8.65. The quantitative estimate of drug-likeness (QED) is 0.243. The zero-order chi connectivity index (χ0) is 25.9. The van der Waals surface area contributed by atoms with Crippen molar-refractivity contribution in [3.8, 4) is 22.5 Å².